The monoisotopic (exact) mass is 266 g/mol. The summed E-state index contributed by atoms with van der Waals surface area (Å²) in [6.45, 7) is 4.25. The lowest BCUT2D eigenvalue weighted by Crippen LogP contribution is -2.53. The molecule has 0 aliphatic carbocycles. The third kappa shape index (κ3) is 3.47. The van der Waals surface area contributed by atoms with Crippen LogP contribution in [0.15, 0.2) is 24.3 Å². The molecule has 4 heteroatoms. The summed E-state index contributed by atoms with van der Waals surface area (Å²) in [4.78, 5) is 13.5. The molecule has 1 atom stereocenters. The molecule has 0 aromatic heterocycles. The van der Waals surface area contributed by atoms with Gasteiger partial charge in [-0.05, 0) is 30.5 Å². The van der Waals surface area contributed by atoms with Crippen molar-refractivity contribution >= 4 is 17.5 Å². The topological polar surface area (TPSA) is 32.3 Å². The Morgan fingerprint density at radius 1 is 1.56 bits per heavy atom. The maximum absolute atomic E-state index is 11.6. The van der Waals surface area contributed by atoms with E-state index in [2.05, 4.69) is 11.4 Å². The number of carbonyl (C=O) groups is 1. The molecule has 0 saturated carbocycles. The molecule has 1 aromatic rings. The maximum Gasteiger partial charge on any atom is 0.219 e. The molecule has 0 spiro atoms. The van der Waals surface area contributed by atoms with Gasteiger partial charge in [0.05, 0.1) is 0 Å². The normalized spacial score (nSPS) is 19.9. The summed E-state index contributed by atoms with van der Waals surface area (Å²) in [5.74, 6) is 0.174. The van der Waals surface area contributed by atoms with Gasteiger partial charge >= 0.3 is 0 Å². The summed E-state index contributed by atoms with van der Waals surface area (Å²) in [5, 5.41) is 4.12. The molecule has 0 bridgehead atoms. The largest absolute Gasteiger partial charge is 0.337 e. The van der Waals surface area contributed by atoms with E-state index in [1.165, 1.54) is 5.56 Å². The Balaban J connectivity index is 1.93. The van der Waals surface area contributed by atoms with Gasteiger partial charge in [-0.15, -0.1) is 0 Å². The highest BCUT2D eigenvalue weighted by atomic mass is 35.5. The molecule has 1 aliphatic rings. The van der Waals surface area contributed by atoms with Crippen LogP contribution in [0.4, 0.5) is 0 Å². The predicted molar refractivity (Wildman–Crippen MR) is 73.8 cm³/mol. The van der Waals surface area contributed by atoms with E-state index in [0.717, 1.165) is 37.5 Å². The zero-order valence-electron chi connectivity index (χ0n) is 10.7. The molecule has 18 heavy (non-hydrogen) atoms. The van der Waals surface area contributed by atoms with Crippen LogP contribution < -0.4 is 5.32 Å². The second kappa shape index (κ2) is 6.21. The van der Waals surface area contributed by atoms with Crippen LogP contribution in [0.2, 0.25) is 5.02 Å². The minimum Gasteiger partial charge on any atom is -0.337 e. The van der Waals surface area contributed by atoms with E-state index in [0.29, 0.717) is 6.04 Å². The smallest absolute Gasteiger partial charge is 0.219 e. The van der Waals surface area contributed by atoms with Crippen molar-refractivity contribution in [1.29, 1.82) is 0 Å². The summed E-state index contributed by atoms with van der Waals surface area (Å²) in [5.41, 5.74) is 1.23. The quantitative estimate of drug-likeness (QED) is 0.909. The third-order valence-electron chi connectivity index (χ3n) is 3.41. The summed E-state index contributed by atoms with van der Waals surface area (Å²) in [6, 6.07) is 8.24. The Kier molecular flexibility index (Phi) is 4.61. The standard InChI is InChI=1S/C14H19ClN2O/c1-11(18)17-8-7-16-10-14(17)6-5-12-3-2-4-13(15)9-12/h2-4,9,14,16H,5-8,10H2,1H3. The van der Waals surface area contributed by atoms with Crippen LogP contribution in [0.25, 0.3) is 0 Å². The summed E-state index contributed by atoms with van der Waals surface area (Å²) in [7, 11) is 0. The number of hydrogen-bond acceptors (Lipinski definition) is 2. The molecule has 1 N–H and O–H groups in total. The average Bonchev–Trinajstić information content (AvgIpc) is 2.37. The van der Waals surface area contributed by atoms with Crippen molar-refractivity contribution in [3.8, 4) is 0 Å². The Morgan fingerprint density at radius 2 is 2.39 bits per heavy atom. The van der Waals surface area contributed by atoms with Gasteiger partial charge in [0.25, 0.3) is 0 Å². The van der Waals surface area contributed by atoms with E-state index in [1.807, 2.05) is 23.1 Å². The fourth-order valence-electron chi connectivity index (χ4n) is 2.46. The van der Waals surface area contributed by atoms with Crippen molar-refractivity contribution in [2.45, 2.75) is 25.8 Å². The molecule has 1 heterocycles. The zero-order chi connectivity index (χ0) is 13.0. The van der Waals surface area contributed by atoms with Crippen LogP contribution in [0, 0.1) is 0 Å². The van der Waals surface area contributed by atoms with Crippen LogP contribution in [0.1, 0.15) is 18.9 Å². The lowest BCUT2D eigenvalue weighted by Gasteiger charge is -2.35. The zero-order valence-corrected chi connectivity index (χ0v) is 11.4. The van der Waals surface area contributed by atoms with Crippen molar-refractivity contribution in [2.24, 2.45) is 0 Å². The molecule has 1 unspecified atom stereocenters. The second-order valence-corrected chi connectivity index (χ2v) is 5.18. The number of nitrogens with one attached hydrogen (secondary N) is 1. The number of benzene rings is 1. The summed E-state index contributed by atoms with van der Waals surface area (Å²) in [6.07, 6.45) is 1.93. The first-order valence-electron chi connectivity index (χ1n) is 6.39. The highest BCUT2D eigenvalue weighted by Gasteiger charge is 2.23. The van der Waals surface area contributed by atoms with E-state index < -0.39 is 0 Å². The Morgan fingerprint density at radius 3 is 3.11 bits per heavy atom. The molecule has 2 rings (SSSR count). The number of halogens is 1. The van der Waals surface area contributed by atoms with Crippen LogP contribution in [0.3, 0.4) is 0 Å². The highest BCUT2D eigenvalue weighted by Crippen LogP contribution is 2.15. The predicted octanol–water partition coefficient (Wildman–Crippen LogP) is 2.09. The Labute approximate surface area is 113 Å². The lowest BCUT2D eigenvalue weighted by molar-refractivity contribution is -0.132. The number of amides is 1. The number of nitrogens with zero attached hydrogens (tertiary/aromatic N) is 1. The molecule has 1 saturated heterocycles. The van der Waals surface area contributed by atoms with E-state index >= 15 is 0 Å². The van der Waals surface area contributed by atoms with Gasteiger partial charge in [0.1, 0.15) is 0 Å². The average molecular weight is 267 g/mol. The number of piperazine rings is 1. The number of carbonyl (C=O) groups excluding carboxylic acids is 1. The molecule has 1 aliphatic heterocycles. The Hall–Kier alpha value is -1.06. The second-order valence-electron chi connectivity index (χ2n) is 4.74. The minimum atomic E-state index is 0.174. The van der Waals surface area contributed by atoms with Crippen molar-refractivity contribution in [2.75, 3.05) is 19.6 Å². The number of hydrogen-bond donors (Lipinski definition) is 1. The van der Waals surface area contributed by atoms with Crippen LogP contribution in [0.5, 0.6) is 0 Å². The summed E-state index contributed by atoms with van der Waals surface area (Å²) < 4.78 is 0. The van der Waals surface area contributed by atoms with E-state index in [4.69, 9.17) is 11.6 Å². The van der Waals surface area contributed by atoms with Gasteiger partial charge < -0.3 is 10.2 Å². The fraction of sp³-hybridized carbons (Fsp3) is 0.500. The molecule has 98 valence electrons. The van der Waals surface area contributed by atoms with Crippen molar-refractivity contribution < 1.29 is 4.79 Å². The van der Waals surface area contributed by atoms with Gasteiger partial charge in [-0.1, -0.05) is 23.7 Å². The molecule has 1 amide bonds. The van der Waals surface area contributed by atoms with Crippen molar-refractivity contribution in [3.05, 3.63) is 34.9 Å². The molecule has 0 radical (unpaired) electrons. The van der Waals surface area contributed by atoms with Gasteiger partial charge in [0.15, 0.2) is 0 Å². The fourth-order valence-corrected chi connectivity index (χ4v) is 2.67. The SMILES string of the molecule is CC(=O)N1CCNCC1CCc1cccc(Cl)c1. The van der Waals surface area contributed by atoms with Crippen LogP contribution in [-0.4, -0.2) is 36.5 Å². The van der Waals surface area contributed by atoms with E-state index in [9.17, 15) is 4.79 Å². The van der Waals surface area contributed by atoms with Crippen LogP contribution in [-0.2, 0) is 11.2 Å². The first kappa shape index (κ1) is 13.4. The van der Waals surface area contributed by atoms with Gasteiger partial charge in [-0.2, -0.15) is 0 Å². The van der Waals surface area contributed by atoms with E-state index in [-0.39, 0.29) is 5.91 Å². The first-order chi connectivity index (χ1) is 8.66. The van der Waals surface area contributed by atoms with Gasteiger partial charge in [0.2, 0.25) is 5.91 Å². The minimum absolute atomic E-state index is 0.174. The number of aryl methyl sites for hydroxylation is 1. The highest BCUT2D eigenvalue weighted by molar-refractivity contribution is 6.30. The molecular weight excluding hydrogens is 248 g/mol. The van der Waals surface area contributed by atoms with Gasteiger partial charge in [-0.3, -0.25) is 4.79 Å². The molecule has 1 fully saturated rings. The summed E-state index contributed by atoms with van der Waals surface area (Å²) >= 11 is 5.97. The van der Waals surface area contributed by atoms with Gasteiger partial charge in [-0.25, -0.2) is 0 Å². The molecule has 1 aromatic carbocycles. The third-order valence-corrected chi connectivity index (χ3v) is 3.65. The lowest BCUT2D eigenvalue weighted by atomic mass is 10.0. The molecular formula is C14H19ClN2O. The Bertz CT molecular complexity index is 422. The van der Waals surface area contributed by atoms with Crippen LogP contribution >= 0.6 is 11.6 Å². The van der Waals surface area contributed by atoms with Gasteiger partial charge in [0, 0.05) is 37.6 Å². The maximum atomic E-state index is 11.6. The van der Waals surface area contributed by atoms with Crippen molar-refractivity contribution in [3.63, 3.8) is 0 Å². The molecule has 3 nitrogen and oxygen atoms in total. The van der Waals surface area contributed by atoms with E-state index in [1.54, 1.807) is 6.92 Å². The first-order valence-corrected chi connectivity index (χ1v) is 6.77. The van der Waals surface area contributed by atoms with Crippen molar-refractivity contribution in [1.82, 2.24) is 10.2 Å². The number of rotatable bonds is 3.